The standard InChI is InChI=1S/C35H42N6O6S/c1-20-17-22-9-7-12-24(18-22)29(20)40-28(43)19-41-16-8-13-26(35(41)47)39-31(44)25(14-15-27(42)32(45)36-3)38-33(46)30-21(2)37-34(48-30)23-10-5-4-6-11-23/h4-6,8,10-11,13,16,20,22,24-25,29H,7,9,12,14-15,17-19H2,1-3H3,(H,36,45)(H,38,46)(H,39,44)(H,40,43)/t20?,22?,24?,25-,29?/m0/s1. The zero-order valence-electron chi connectivity index (χ0n) is 27.4. The molecule has 0 aliphatic heterocycles. The van der Waals surface area contributed by atoms with Crippen molar-refractivity contribution in [2.45, 2.75) is 77.4 Å². The molecule has 2 heterocycles. The lowest BCUT2D eigenvalue weighted by atomic mass is 9.65. The van der Waals surface area contributed by atoms with Crippen molar-refractivity contribution in [2.24, 2.45) is 17.8 Å². The van der Waals surface area contributed by atoms with Gasteiger partial charge in [-0.2, -0.15) is 0 Å². The first kappa shape index (κ1) is 34.7. The van der Waals surface area contributed by atoms with Gasteiger partial charge in [0.05, 0.1) is 5.69 Å². The Morgan fingerprint density at radius 2 is 1.81 bits per heavy atom. The van der Waals surface area contributed by atoms with Gasteiger partial charge in [0.2, 0.25) is 17.6 Å². The first-order valence-corrected chi connectivity index (χ1v) is 17.2. The Hall–Kier alpha value is -4.65. The van der Waals surface area contributed by atoms with E-state index in [9.17, 15) is 28.8 Å². The van der Waals surface area contributed by atoms with Crippen molar-refractivity contribution in [1.82, 2.24) is 25.5 Å². The van der Waals surface area contributed by atoms with Gasteiger partial charge >= 0.3 is 0 Å². The quantitative estimate of drug-likeness (QED) is 0.214. The van der Waals surface area contributed by atoms with Gasteiger partial charge in [0.25, 0.3) is 17.4 Å². The van der Waals surface area contributed by atoms with Crippen molar-refractivity contribution in [3.05, 3.63) is 69.6 Å². The molecule has 254 valence electrons. The summed E-state index contributed by atoms with van der Waals surface area (Å²) in [6, 6.07) is 11.1. The number of thiazole rings is 1. The van der Waals surface area contributed by atoms with Gasteiger partial charge in [-0.3, -0.25) is 28.8 Å². The molecule has 2 saturated carbocycles. The van der Waals surface area contributed by atoms with E-state index in [0.717, 1.165) is 42.1 Å². The second-order valence-corrected chi connectivity index (χ2v) is 13.8. The number of hydrogen-bond donors (Lipinski definition) is 4. The normalized spacial score (nSPS) is 20.6. The maximum absolute atomic E-state index is 13.6. The summed E-state index contributed by atoms with van der Waals surface area (Å²) in [5.41, 5.74) is 0.619. The minimum absolute atomic E-state index is 0.0699. The average molecular weight is 675 g/mol. The Morgan fingerprint density at radius 1 is 1.04 bits per heavy atom. The zero-order chi connectivity index (χ0) is 34.4. The van der Waals surface area contributed by atoms with Gasteiger partial charge in [-0.05, 0) is 62.5 Å². The van der Waals surface area contributed by atoms with E-state index in [4.69, 9.17) is 0 Å². The van der Waals surface area contributed by atoms with E-state index < -0.39 is 35.1 Å². The van der Waals surface area contributed by atoms with Crippen LogP contribution in [0.15, 0.2) is 53.5 Å². The Balaban J connectivity index is 1.29. The SMILES string of the molecule is CNC(=O)C(=O)CC[C@H](NC(=O)c1sc(-c2ccccc2)nc1C)C(=O)Nc1cccn(CC(=O)NC2C(C)CC3CCCC2C3)c1=O. The van der Waals surface area contributed by atoms with Crippen LogP contribution in [0.2, 0.25) is 0 Å². The Labute approximate surface area is 283 Å². The van der Waals surface area contributed by atoms with E-state index in [2.05, 4.69) is 33.2 Å². The highest BCUT2D eigenvalue weighted by Crippen LogP contribution is 2.42. The number of nitrogens with one attached hydrogen (secondary N) is 4. The molecule has 2 bridgehead atoms. The van der Waals surface area contributed by atoms with Gasteiger partial charge in [-0.1, -0.05) is 50.1 Å². The molecular formula is C35H42N6O6S. The fourth-order valence-electron chi connectivity index (χ4n) is 6.96. The van der Waals surface area contributed by atoms with Crippen LogP contribution in [0.4, 0.5) is 5.69 Å². The monoisotopic (exact) mass is 674 g/mol. The minimum atomic E-state index is -1.27. The molecule has 0 spiro atoms. The third-order valence-corrected chi connectivity index (χ3v) is 10.6. The van der Waals surface area contributed by atoms with Crippen molar-refractivity contribution in [3.63, 3.8) is 0 Å². The lowest BCUT2D eigenvalue weighted by molar-refractivity contribution is -0.137. The summed E-state index contributed by atoms with van der Waals surface area (Å²) in [5.74, 6) is -1.64. The zero-order valence-corrected chi connectivity index (χ0v) is 28.2. The van der Waals surface area contributed by atoms with Crippen LogP contribution in [0.1, 0.15) is 67.2 Å². The second-order valence-electron chi connectivity index (χ2n) is 12.8. The van der Waals surface area contributed by atoms with Crippen molar-refractivity contribution in [2.75, 3.05) is 12.4 Å². The Kier molecular flexibility index (Phi) is 11.2. The molecule has 5 atom stereocenters. The van der Waals surface area contributed by atoms with Crippen molar-refractivity contribution in [1.29, 1.82) is 0 Å². The Bertz CT molecular complexity index is 1730. The van der Waals surface area contributed by atoms with Crippen LogP contribution in [0.3, 0.4) is 0 Å². The van der Waals surface area contributed by atoms with Gasteiger partial charge in [0.15, 0.2) is 0 Å². The van der Waals surface area contributed by atoms with Crippen molar-refractivity contribution in [3.8, 4) is 10.6 Å². The van der Waals surface area contributed by atoms with E-state index in [-0.39, 0.29) is 41.9 Å². The van der Waals surface area contributed by atoms with Crippen molar-refractivity contribution >= 4 is 46.4 Å². The molecule has 4 unspecified atom stereocenters. The highest BCUT2D eigenvalue weighted by atomic mass is 32.1. The molecule has 5 rings (SSSR count). The maximum atomic E-state index is 13.6. The molecule has 2 aliphatic carbocycles. The molecule has 4 amide bonds. The van der Waals surface area contributed by atoms with Crippen LogP contribution >= 0.6 is 11.3 Å². The molecule has 0 saturated heterocycles. The van der Waals surface area contributed by atoms with E-state index in [1.54, 1.807) is 13.0 Å². The molecule has 2 aromatic heterocycles. The molecule has 13 heteroatoms. The van der Waals surface area contributed by atoms with E-state index >= 15 is 0 Å². The van der Waals surface area contributed by atoms with Gasteiger partial charge in [0.1, 0.15) is 28.2 Å². The number of aryl methyl sites for hydroxylation is 1. The highest BCUT2D eigenvalue weighted by molar-refractivity contribution is 7.17. The van der Waals surface area contributed by atoms with Crippen molar-refractivity contribution < 1.29 is 24.0 Å². The molecule has 2 aliphatic rings. The topological polar surface area (TPSA) is 168 Å². The van der Waals surface area contributed by atoms with E-state index in [0.29, 0.717) is 22.5 Å². The van der Waals surface area contributed by atoms with Crippen LogP contribution in [0, 0.1) is 24.7 Å². The number of fused-ring (bicyclic) bond motifs is 2. The van der Waals surface area contributed by atoms with Crippen LogP contribution < -0.4 is 26.8 Å². The number of rotatable bonds is 12. The number of ketones is 1. The molecule has 48 heavy (non-hydrogen) atoms. The number of amides is 4. The first-order chi connectivity index (χ1) is 23.0. The molecule has 0 radical (unpaired) electrons. The molecule has 12 nitrogen and oxygen atoms in total. The summed E-state index contributed by atoms with van der Waals surface area (Å²) in [6.07, 6.45) is 6.70. The largest absolute Gasteiger partial charge is 0.353 e. The Morgan fingerprint density at radius 3 is 2.56 bits per heavy atom. The van der Waals surface area contributed by atoms with Crippen LogP contribution in [0.5, 0.6) is 0 Å². The summed E-state index contributed by atoms with van der Waals surface area (Å²) < 4.78 is 1.23. The lowest BCUT2D eigenvalue weighted by Crippen LogP contribution is -2.50. The molecule has 2 fully saturated rings. The third kappa shape index (κ3) is 8.25. The highest BCUT2D eigenvalue weighted by Gasteiger charge is 2.38. The van der Waals surface area contributed by atoms with Gasteiger partial charge in [-0.15, -0.1) is 11.3 Å². The van der Waals surface area contributed by atoms with Gasteiger partial charge in [0, 0.05) is 31.3 Å². The number of anilines is 1. The van der Waals surface area contributed by atoms with Gasteiger partial charge in [-0.25, -0.2) is 4.98 Å². The second kappa shape index (κ2) is 15.5. The minimum Gasteiger partial charge on any atom is -0.353 e. The van der Waals surface area contributed by atoms with E-state index in [1.807, 2.05) is 30.3 Å². The fraction of sp³-hybridized carbons (Fsp3) is 0.457. The molecule has 1 aromatic carbocycles. The predicted octanol–water partition coefficient (Wildman–Crippen LogP) is 3.44. The van der Waals surface area contributed by atoms with Crippen LogP contribution in [0.25, 0.3) is 10.6 Å². The van der Waals surface area contributed by atoms with Crippen LogP contribution in [-0.4, -0.2) is 58.1 Å². The number of likely N-dealkylation sites (N-methyl/N-ethyl adjacent to an activating group) is 1. The third-order valence-electron chi connectivity index (χ3n) is 9.35. The fourth-order valence-corrected chi connectivity index (χ4v) is 7.94. The maximum Gasteiger partial charge on any atom is 0.287 e. The summed E-state index contributed by atoms with van der Waals surface area (Å²) in [6.45, 7) is 3.65. The summed E-state index contributed by atoms with van der Waals surface area (Å²) in [7, 11) is 1.32. The summed E-state index contributed by atoms with van der Waals surface area (Å²) in [5, 5.41) is 11.3. The number of aromatic nitrogens is 2. The first-order valence-electron chi connectivity index (χ1n) is 16.4. The molecule has 4 N–H and O–H groups in total. The number of hydrogen-bond acceptors (Lipinski definition) is 8. The molecular weight excluding hydrogens is 632 g/mol. The van der Waals surface area contributed by atoms with Crippen LogP contribution in [-0.2, 0) is 25.7 Å². The van der Waals surface area contributed by atoms with E-state index in [1.165, 1.54) is 36.7 Å². The number of nitrogens with zero attached hydrogens (tertiary/aromatic N) is 2. The lowest BCUT2D eigenvalue weighted by Gasteiger charge is -2.44. The predicted molar refractivity (Wildman–Crippen MR) is 182 cm³/mol. The van der Waals surface area contributed by atoms with Gasteiger partial charge < -0.3 is 25.8 Å². The number of benzene rings is 1. The smallest absolute Gasteiger partial charge is 0.287 e. The summed E-state index contributed by atoms with van der Waals surface area (Å²) in [4.78, 5) is 82.4. The average Bonchev–Trinajstić information content (AvgIpc) is 3.48. The number of pyridine rings is 1. The number of carbonyl (C=O) groups excluding carboxylic acids is 5. The number of carbonyl (C=O) groups is 5. The summed E-state index contributed by atoms with van der Waals surface area (Å²) >= 11 is 1.16. The number of Topliss-reactive ketones (excluding diaryl/α,β-unsaturated/α-hetero) is 1. The molecule has 3 aromatic rings.